The maximum atomic E-state index is 14.2. The lowest BCUT2D eigenvalue weighted by Gasteiger charge is -2.21. The van der Waals surface area contributed by atoms with E-state index >= 15 is 0 Å². The minimum absolute atomic E-state index is 0.0724. The van der Waals surface area contributed by atoms with Gasteiger partial charge in [0.2, 0.25) is 15.9 Å². The van der Waals surface area contributed by atoms with E-state index in [4.69, 9.17) is 9.88 Å². The van der Waals surface area contributed by atoms with Crippen molar-refractivity contribution in [3.05, 3.63) is 23.5 Å². The first-order valence-corrected chi connectivity index (χ1v) is 10.2. The smallest absolute Gasteiger partial charge is 0.241 e. The van der Waals surface area contributed by atoms with Crippen LogP contribution >= 0.6 is 0 Å². The normalized spacial score (nSPS) is 23.4. The molecule has 0 saturated carbocycles. The van der Waals surface area contributed by atoms with E-state index in [-0.39, 0.29) is 17.9 Å². The van der Waals surface area contributed by atoms with Gasteiger partial charge in [-0.1, -0.05) is 0 Å². The molecule has 0 aliphatic carbocycles. The summed E-state index contributed by atoms with van der Waals surface area (Å²) in [5.41, 5.74) is 0.267. The molecule has 0 radical (unpaired) electrons. The van der Waals surface area contributed by atoms with Gasteiger partial charge in [-0.3, -0.25) is 4.79 Å². The number of carbonyl (C=O) groups is 1. The van der Waals surface area contributed by atoms with Crippen molar-refractivity contribution in [2.24, 2.45) is 17.0 Å². The SMILES string of the molecule is COc1c(F)cc(CC(=O)N2CC[C@@H]3CNC[C@@H]3CC2)cc1S(N)(=O)=O. The molecule has 3 rings (SSSR count). The first-order chi connectivity index (χ1) is 12.3. The van der Waals surface area contributed by atoms with Gasteiger partial charge in [-0.25, -0.2) is 17.9 Å². The number of sulfonamides is 1. The number of amides is 1. The molecular weight excluding hydrogens is 361 g/mol. The molecule has 2 fully saturated rings. The number of carbonyl (C=O) groups excluding carboxylic acids is 1. The summed E-state index contributed by atoms with van der Waals surface area (Å²) in [4.78, 5) is 14.0. The molecule has 2 saturated heterocycles. The molecule has 0 spiro atoms. The molecule has 9 heteroatoms. The maximum Gasteiger partial charge on any atom is 0.241 e. The number of rotatable bonds is 4. The standard InChI is InChI=1S/C17H24FN3O4S/c1-25-17-14(18)6-11(7-15(17)26(19,23)24)8-16(22)21-4-2-12-9-20-10-13(12)3-5-21/h6-7,12-13,20H,2-5,8-10H2,1H3,(H2,19,23,24)/t12-,13+. The number of hydrogen-bond acceptors (Lipinski definition) is 5. The average molecular weight is 385 g/mol. The monoisotopic (exact) mass is 385 g/mol. The van der Waals surface area contributed by atoms with Crippen molar-refractivity contribution in [2.75, 3.05) is 33.3 Å². The Morgan fingerprint density at radius 2 is 1.92 bits per heavy atom. The molecule has 0 bridgehead atoms. The predicted molar refractivity (Wildman–Crippen MR) is 93.7 cm³/mol. The second-order valence-corrected chi connectivity index (χ2v) is 8.50. The van der Waals surface area contributed by atoms with Crippen LogP contribution in [0.5, 0.6) is 5.75 Å². The number of primary sulfonamides is 1. The molecule has 1 aromatic carbocycles. The Morgan fingerprint density at radius 3 is 2.46 bits per heavy atom. The van der Waals surface area contributed by atoms with E-state index < -0.39 is 26.5 Å². The Morgan fingerprint density at radius 1 is 1.31 bits per heavy atom. The van der Waals surface area contributed by atoms with Crippen molar-refractivity contribution < 1.29 is 22.3 Å². The average Bonchev–Trinajstić information content (AvgIpc) is 2.91. The van der Waals surface area contributed by atoms with Crippen LogP contribution in [-0.4, -0.2) is 52.5 Å². The highest BCUT2D eigenvalue weighted by Gasteiger charge is 2.31. The van der Waals surface area contributed by atoms with Crippen LogP contribution in [0.15, 0.2) is 17.0 Å². The summed E-state index contributed by atoms with van der Waals surface area (Å²) >= 11 is 0. The summed E-state index contributed by atoms with van der Waals surface area (Å²) in [7, 11) is -3.00. The van der Waals surface area contributed by atoms with Gasteiger partial charge in [0.05, 0.1) is 13.5 Å². The van der Waals surface area contributed by atoms with E-state index in [1.54, 1.807) is 4.90 Å². The van der Waals surface area contributed by atoms with E-state index in [9.17, 15) is 17.6 Å². The van der Waals surface area contributed by atoms with Crippen LogP contribution in [0.4, 0.5) is 4.39 Å². The highest BCUT2D eigenvalue weighted by molar-refractivity contribution is 7.89. The Labute approximate surface area is 152 Å². The third kappa shape index (κ3) is 3.99. The number of halogens is 1. The number of fused-ring (bicyclic) bond motifs is 1. The van der Waals surface area contributed by atoms with Crippen molar-refractivity contribution in [1.82, 2.24) is 10.2 Å². The number of hydrogen-bond donors (Lipinski definition) is 2. The maximum absolute atomic E-state index is 14.2. The first-order valence-electron chi connectivity index (χ1n) is 8.67. The Bertz CT molecular complexity index is 785. The number of likely N-dealkylation sites (tertiary alicyclic amines) is 1. The fraction of sp³-hybridized carbons (Fsp3) is 0.588. The Kier molecular flexibility index (Phi) is 5.50. The van der Waals surface area contributed by atoms with Crippen molar-refractivity contribution >= 4 is 15.9 Å². The molecule has 0 aromatic heterocycles. The lowest BCUT2D eigenvalue weighted by Crippen LogP contribution is -2.34. The van der Waals surface area contributed by atoms with Gasteiger partial charge in [-0.2, -0.15) is 0 Å². The predicted octanol–water partition coefficient (Wildman–Crippen LogP) is 0.482. The quantitative estimate of drug-likeness (QED) is 0.785. The van der Waals surface area contributed by atoms with Crippen molar-refractivity contribution in [3.63, 3.8) is 0 Å². The Hall–Kier alpha value is -1.71. The fourth-order valence-corrected chi connectivity index (χ4v) is 4.64. The second kappa shape index (κ2) is 7.50. The van der Waals surface area contributed by atoms with Crippen LogP contribution in [0, 0.1) is 17.7 Å². The molecular formula is C17H24FN3O4S. The second-order valence-electron chi connectivity index (χ2n) is 6.97. The fourth-order valence-electron chi connectivity index (χ4n) is 3.89. The zero-order chi connectivity index (χ0) is 18.9. The molecule has 2 aliphatic heterocycles. The van der Waals surface area contributed by atoms with Crippen LogP contribution in [0.2, 0.25) is 0 Å². The van der Waals surface area contributed by atoms with E-state index in [1.807, 2.05) is 0 Å². The molecule has 1 aromatic rings. The molecule has 2 atom stereocenters. The van der Waals surface area contributed by atoms with Gasteiger partial charge in [-0.05, 0) is 55.5 Å². The molecule has 144 valence electrons. The highest BCUT2D eigenvalue weighted by Crippen LogP contribution is 2.29. The van der Waals surface area contributed by atoms with Gasteiger partial charge < -0.3 is 15.0 Å². The van der Waals surface area contributed by atoms with Crippen molar-refractivity contribution in [1.29, 1.82) is 0 Å². The topological polar surface area (TPSA) is 102 Å². The van der Waals surface area contributed by atoms with E-state index in [2.05, 4.69) is 5.32 Å². The van der Waals surface area contributed by atoms with E-state index in [1.165, 1.54) is 13.2 Å². The Balaban J connectivity index is 1.76. The van der Waals surface area contributed by atoms with Crippen LogP contribution in [0.1, 0.15) is 18.4 Å². The summed E-state index contributed by atoms with van der Waals surface area (Å²) in [6, 6.07) is 2.34. The lowest BCUT2D eigenvalue weighted by molar-refractivity contribution is -0.130. The molecule has 2 heterocycles. The van der Waals surface area contributed by atoms with E-state index in [0.29, 0.717) is 24.9 Å². The van der Waals surface area contributed by atoms with Gasteiger partial charge >= 0.3 is 0 Å². The molecule has 7 nitrogen and oxygen atoms in total. The molecule has 3 N–H and O–H groups in total. The van der Waals surface area contributed by atoms with Crippen LogP contribution in [0.3, 0.4) is 0 Å². The summed E-state index contributed by atoms with van der Waals surface area (Å²) in [6.07, 6.45) is 1.82. The van der Waals surface area contributed by atoms with Gasteiger partial charge in [-0.15, -0.1) is 0 Å². The summed E-state index contributed by atoms with van der Waals surface area (Å²) in [5.74, 6) is -0.222. The number of benzene rings is 1. The lowest BCUT2D eigenvalue weighted by atomic mass is 9.92. The minimum atomic E-state index is -4.16. The van der Waals surface area contributed by atoms with Crippen LogP contribution in [0.25, 0.3) is 0 Å². The molecule has 1 amide bonds. The minimum Gasteiger partial charge on any atom is -0.492 e. The third-order valence-corrected chi connectivity index (χ3v) is 6.22. The third-order valence-electron chi connectivity index (χ3n) is 5.31. The molecule has 2 aliphatic rings. The number of ether oxygens (including phenoxy) is 1. The van der Waals surface area contributed by atoms with Crippen molar-refractivity contribution in [3.8, 4) is 5.75 Å². The molecule has 0 unspecified atom stereocenters. The zero-order valence-electron chi connectivity index (χ0n) is 14.7. The van der Waals surface area contributed by atoms with Crippen LogP contribution < -0.4 is 15.2 Å². The number of nitrogens with two attached hydrogens (primary N) is 1. The highest BCUT2D eigenvalue weighted by atomic mass is 32.2. The van der Waals surface area contributed by atoms with Gasteiger partial charge in [0, 0.05) is 13.1 Å². The van der Waals surface area contributed by atoms with Crippen molar-refractivity contribution in [2.45, 2.75) is 24.2 Å². The molecule has 26 heavy (non-hydrogen) atoms. The largest absolute Gasteiger partial charge is 0.492 e. The van der Waals surface area contributed by atoms with E-state index in [0.717, 1.165) is 32.0 Å². The summed E-state index contributed by atoms with van der Waals surface area (Å²) < 4.78 is 42.4. The number of nitrogens with zero attached hydrogens (tertiary/aromatic N) is 1. The first kappa shape index (κ1) is 19.1. The summed E-state index contributed by atoms with van der Waals surface area (Å²) in [5, 5.41) is 8.53. The van der Waals surface area contributed by atoms with Gasteiger partial charge in [0.1, 0.15) is 4.90 Å². The zero-order valence-corrected chi connectivity index (χ0v) is 15.5. The van der Waals surface area contributed by atoms with Crippen LogP contribution in [-0.2, 0) is 21.2 Å². The number of methoxy groups -OCH3 is 1. The summed E-state index contributed by atoms with van der Waals surface area (Å²) in [6.45, 7) is 3.33. The van der Waals surface area contributed by atoms with Gasteiger partial charge in [0.25, 0.3) is 0 Å². The van der Waals surface area contributed by atoms with Gasteiger partial charge in [0.15, 0.2) is 11.6 Å². The number of nitrogens with one attached hydrogen (secondary N) is 1.